The molecule has 19 heavy (non-hydrogen) atoms. The number of hydrogen-bond donors (Lipinski definition) is 2. The van der Waals surface area contributed by atoms with E-state index < -0.39 is 0 Å². The molecule has 5 nitrogen and oxygen atoms in total. The molecule has 1 unspecified atom stereocenters. The van der Waals surface area contributed by atoms with Gasteiger partial charge in [-0.3, -0.25) is 9.69 Å². The van der Waals surface area contributed by atoms with E-state index in [2.05, 4.69) is 16.3 Å². The number of nitriles is 1. The van der Waals surface area contributed by atoms with Crippen LogP contribution in [0.15, 0.2) is 11.4 Å². The molecule has 0 bridgehead atoms. The summed E-state index contributed by atoms with van der Waals surface area (Å²) < 4.78 is 0. The van der Waals surface area contributed by atoms with E-state index in [9.17, 15) is 4.79 Å². The zero-order valence-electron chi connectivity index (χ0n) is 10.8. The first-order valence-corrected chi connectivity index (χ1v) is 7.34. The minimum absolute atomic E-state index is 0.0402. The third-order valence-electron chi connectivity index (χ3n) is 3.44. The number of nitrogens with zero attached hydrogens (tertiary/aromatic N) is 2. The number of thiophene rings is 1. The summed E-state index contributed by atoms with van der Waals surface area (Å²) in [7, 11) is 0. The highest BCUT2D eigenvalue weighted by atomic mass is 32.1. The molecule has 2 heterocycles. The first-order chi connectivity index (χ1) is 9.24. The van der Waals surface area contributed by atoms with Crippen LogP contribution in [0.4, 0.5) is 5.00 Å². The monoisotopic (exact) mass is 278 g/mol. The minimum atomic E-state index is -0.0402. The third-order valence-corrected chi connectivity index (χ3v) is 4.27. The van der Waals surface area contributed by atoms with Crippen LogP contribution >= 0.6 is 11.3 Å². The van der Waals surface area contributed by atoms with Crippen LogP contribution < -0.4 is 11.1 Å². The molecule has 0 spiro atoms. The van der Waals surface area contributed by atoms with Crippen molar-refractivity contribution in [3.8, 4) is 6.07 Å². The highest BCUT2D eigenvalue weighted by Crippen LogP contribution is 2.22. The summed E-state index contributed by atoms with van der Waals surface area (Å²) in [6.45, 7) is 2.42. The molecule has 1 aliphatic heterocycles. The van der Waals surface area contributed by atoms with E-state index >= 15 is 0 Å². The standard InChI is InChI=1S/C13H18N4OS/c14-8-10-4-7-19-13(10)16-12(18)3-6-17-5-1-2-11(17)9-15/h4,7,11H,1-3,5-6,9,15H2,(H,16,18). The van der Waals surface area contributed by atoms with E-state index in [1.807, 2.05) is 0 Å². The average Bonchev–Trinajstić information content (AvgIpc) is 3.04. The number of amides is 1. The van der Waals surface area contributed by atoms with E-state index in [-0.39, 0.29) is 5.91 Å². The van der Waals surface area contributed by atoms with Gasteiger partial charge in [0.25, 0.3) is 0 Å². The van der Waals surface area contributed by atoms with Crippen LogP contribution in [0.5, 0.6) is 0 Å². The fourth-order valence-corrected chi connectivity index (χ4v) is 3.14. The molecule has 1 aromatic rings. The Hall–Kier alpha value is -1.42. The Balaban J connectivity index is 1.81. The van der Waals surface area contributed by atoms with Crippen molar-refractivity contribution in [3.63, 3.8) is 0 Å². The van der Waals surface area contributed by atoms with Gasteiger partial charge < -0.3 is 11.1 Å². The Kier molecular flexibility index (Phi) is 4.91. The molecule has 3 N–H and O–H groups in total. The van der Waals surface area contributed by atoms with Gasteiger partial charge in [-0.1, -0.05) is 0 Å². The lowest BCUT2D eigenvalue weighted by atomic mass is 10.2. The fourth-order valence-electron chi connectivity index (χ4n) is 2.38. The molecule has 1 amide bonds. The van der Waals surface area contributed by atoms with E-state index in [0.29, 0.717) is 29.6 Å². The van der Waals surface area contributed by atoms with Crippen LogP contribution in [0, 0.1) is 11.3 Å². The quantitative estimate of drug-likeness (QED) is 0.852. The number of likely N-dealkylation sites (tertiary alicyclic amines) is 1. The van der Waals surface area contributed by atoms with Gasteiger partial charge in [-0.15, -0.1) is 11.3 Å². The highest BCUT2D eigenvalue weighted by molar-refractivity contribution is 7.14. The van der Waals surface area contributed by atoms with Gasteiger partial charge in [0.2, 0.25) is 5.91 Å². The normalized spacial score (nSPS) is 19.3. The minimum Gasteiger partial charge on any atom is -0.329 e. The number of carbonyl (C=O) groups is 1. The van der Waals surface area contributed by atoms with Crippen molar-refractivity contribution in [1.29, 1.82) is 5.26 Å². The first kappa shape index (κ1) is 14.0. The predicted molar refractivity (Wildman–Crippen MR) is 75.9 cm³/mol. The second-order valence-electron chi connectivity index (χ2n) is 4.64. The largest absolute Gasteiger partial charge is 0.329 e. The van der Waals surface area contributed by atoms with Gasteiger partial charge in [0.1, 0.15) is 11.1 Å². The van der Waals surface area contributed by atoms with E-state index in [0.717, 1.165) is 25.9 Å². The Labute approximate surface area is 117 Å². The molecule has 0 saturated carbocycles. The van der Waals surface area contributed by atoms with E-state index in [1.165, 1.54) is 11.3 Å². The first-order valence-electron chi connectivity index (χ1n) is 6.46. The van der Waals surface area contributed by atoms with Crippen molar-refractivity contribution >= 4 is 22.2 Å². The summed E-state index contributed by atoms with van der Waals surface area (Å²) in [6.07, 6.45) is 2.73. The average molecular weight is 278 g/mol. The number of carbonyl (C=O) groups excluding carboxylic acids is 1. The van der Waals surface area contributed by atoms with Gasteiger partial charge in [-0.25, -0.2) is 0 Å². The maximum absolute atomic E-state index is 11.9. The van der Waals surface area contributed by atoms with Crippen LogP contribution in [0.2, 0.25) is 0 Å². The smallest absolute Gasteiger partial charge is 0.226 e. The van der Waals surface area contributed by atoms with Crippen LogP contribution in [-0.2, 0) is 4.79 Å². The molecular formula is C13H18N4OS. The van der Waals surface area contributed by atoms with Crippen LogP contribution in [-0.4, -0.2) is 36.5 Å². The third kappa shape index (κ3) is 3.53. The van der Waals surface area contributed by atoms with Gasteiger partial charge in [0.15, 0.2) is 0 Å². The van der Waals surface area contributed by atoms with Gasteiger partial charge in [0.05, 0.1) is 5.56 Å². The lowest BCUT2D eigenvalue weighted by Gasteiger charge is -2.22. The summed E-state index contributed by atoms with van der Waals surface area (Å²) in [4.78, 5) is 14.1. The van der Waals surface area contributed by atoms with Crippen LogP contribution in [0.25, 0.3) is 0 Å². The van der Waals surface area contributed by atoms with Gasteiger partial charge >= 0.3 is 0 Å². The molecule has 0 radical (unpaired) electrons. The van der Waals surface area contributed by atoms with Gasteiger partial charge in [-0.2, -0.15) is 5.26 Å². The topological polar surface area (TPSA) is 82.2 Å². The van der Waals surface area contributed by atoms with Crippen molar-refractivity contribution in [2.45, 2.75) is 25.3 Å². The number of rotatable bonds is 5. The summed E-state index contributed by atoms with van der Waals surface area (Å²) in [5, 5.41) is 14.1. The van der Waals surface area contributed by atoms with Crippen molar-refractivity contribution in [2.75, 3.05) is 25.0 Å². The van der Waals surface area contributed by atoms with Crippen molar-refractivity contribution in [1.82, 2.24) is 4.90 Å². The van der Waals surface area contributed by atoms with Crippen molar-refractivity contribution in [3.05, 3.63) is 17.0 Å². The lowest BCUT2D eigenvalue weighted by molar-refractivity contribution is -0.116. The van der Waals surface area contributed by atoms with Crippen LogP contribution in [0.3, 0.4) is 0 Å². The fraction of sp³-hybridized carbons (Fsp3) is 0.538. The highest BCUT2D eigenvalue weighted by Gasteiger charge is 2.23. The zero-order valence-corrected chi connectivity index (χ0v) is 11.6. The summed E-state index contributed by atoms with van der Waals surface area (Å²) in [5.41, 5.74) is 6.23. The Morgan fingerprint density at radius 3 is 3.26 bits per heavy atom. The molecule has 2 rings (SSSR count). The number of nitrogens with one attached hydrogen (secondary N) is 1. The van der Waals surface area contributed by atoms with Crippen molar-refractivity contribution < 1.29 is 4.79 Å². The number of hydrogen-bond acceptors (Lipinski definition) is 5. The molecule has 1 atom stereocenters. The molecular weight excluding hydrogens is 260 g/mol. The maximum Gasteiger partial charge on any atom is 0.226 e. The lowest BCUT2D eigenvalue weighted by Crippen LogP contribution is -2.37. The second kappa shape index (κ2) is 6.66. The number of anilines is 1. The maximum atomic E-state index is 11.9. The molecule has 1 saturated heterocycles. The molecule has 0 aromatic carbocycles. The SMILES string of the molecule is N#Cc1ccsc1NC(=O)CCN1CCCC1CN. The predicted octanol–water partition coefficient (Wildman–Crippen LogP) is 1.37. The molecule has 0 aliphatic carbocycles. The van der Waals surface area contributed by atoms with Gasteiger partial charge in [0, 0.05) is 25.6 Å². The summed E-state index contributed by atoms with van der Waals surface area (Å²) >= 11 is 1.38. The molecule has 102 valence electrons. The Bertz CT molecular complexity index is 479. The molecule has 1 aromatic heterocycles. The molecule has 1 fully saturated rings. The van der Waals surface area contributed by atoms with Crippen LogP contribution in [0.1, 0.15) is 24.8 Å². The van der Waals surface area contributed by atoms with Gasteiger partial charge in [-0.05, 0) is 30.8 Å². The molecule has 1 aliphatic rings. The summed E-state index contributed by atoms with van der Waals surface area (Å²) in [5.74, 6) is -0.0402. The molecule has 6 heteroatoms. The van der Waals surface area contributed by atoms with E-state index in [1.54, 1.807) is 11.4 Å². The van der Waals surface area contributed by atoms with E-state index in [4.69, 9.17) is 11.0 Å². The zero-order chi connectivity index (χ0) is 13.7. The summed E-state index contributed by atoms with van der Waals surface area (Å²) in [6, 6.07) is 4.20. The second-order valence-corrected chi connectivity index (χ2v) is 5.56. The Morgan fingerprint density at radius 1 is 1.68 bits per heavy atom. The number of nitrogens with two attached hydrogens (primary N) is 1. The Morgan fingerprint density at radius 2 is 2.53 bits per heavy atom. The van der Waals surface area contributed by atoms with Crippen molar-refractivity contribution in [2.24, 2.45) is 5.73 Å².